The predicted molar refractivity (Wildman–Crippen MR) is 55.8 cm³/mol. The Hall–Kier alpha value is -0.0800. The minimum absolute atomic E-state index is 0.333. The minimum atomic E-state index is 0.333. The molecule has 1 saturated heterocycles. The molecule has 0 aromatic rings. The van der Waals surface area contributed by atoms with E-state index in [1.54, 1.807) is 0 Å². The molecule has 1 fully saturated rings. The summed E-state index contributed by atoms with van der Waals surface area (Å²) in [5, 5.41) is 3.43. The molecule has 0 aromatic heterocycles. The summed E-state index contributed by atoms with van der Waals surface area (Å²) in [6.07, 6.45) is 2.53. The summed E-state index contributed by atoms with van der Waals surface area (Å²) < 4.78 is 5.52. The van der Waals surface area contributed by atoms with Crippen molar-refractivity contribution < 1.29 is 4.74 Å². The van der Waals surface area contributed by atoms with E-state index in [2.05, 4.69) is 33.1 Å². The van der Waals surface area contributed by atoms with Crippen LogP contribution in [0.3, 0.4) is 0 Å². The Morgan fingerprint density at radius 2 is 2.08 bits per heavy atom. The van der Waals surface area contributed by atoms with Crippen LogP contribution in [0, 0.1) is 11.3 Å². The third-order valence-corrected chi connectivity index (χ3v) is 2.91. The van der Waals surface area contributed by atoms with Crippen molar-refractivity contribution in [2.24, 2.45) is 11.3 Å². The Labute approximate surface area is 82.0 Å². The topological polar surface area (TPSA) is 21.3 Å². The van der Waals surface area contributed by atoms with Crippen molar-refractivity contribution in [2.45, 2.75) is 39.7 Å². The van der Waals surface area contributed by atoms with Gasteiger partial charge in [0.1, 0.15) is 0 Å². The third-order valence-electron chi connectivity index (χ3n) is 2.91. The van der Waals surface area contributed by atoms with Crippen molar-refractivity contribution >= 4 is 0 Å². The molecule has 0 amide bonds. The molecule has 2 nitrogen and oxygen atoms in total. The Morgan fingerprint density at radius 3 is 2.46 bits per heavy atom. The maximum Gasteiger partial charge on any atom is 0.0509 e. The van der Waals surface area contributed by atoms with Crippen LogP contribution in [-0.2, 0) is 4.74 Å². The van der Waals surface area contributed by atoms with Gasteiger partial charge < -0.3 is 10.1 Å². The van der Waals surface area contributed by atoms with Crippen LogP contribution in [0.15, 0.2) is 0 Å². The largest absolute Gasteiger partial charge is 0.381 e. The first-order valence-corrected chi connectivity index (χ1v) is 5.30. The summed E-state index contributed by atoms with van der Waals surface area (Å²) in [5.74, 6) is 0.693. The van der Waals surface area contributed by atoms with Crippen LogP contribution in [0.25, 0.3) is 0 Å². The first kappa shape index (κ1) is 11.0. The highest BCUT2D eigenvalue weighted by molar-refractivity contribution is 4.86. The molecule has 1 aliphatic rings. The lowest BCUT2D eigenvalue weighted by atomic mass is 9.77. The summed E-state index contributed by atoms with van der Waals surface area (Å²) in [7, 11) is 2.06. The standard InChI is InChI=1S/C11H23NO/c1-11(2,3)10(12-4)9-6-5-7-13-8-9/h9-10,12H,5-8H2,1-4H3. The van der Waals surface area contributed by atoms with E-state index in [0.717, 1.165) is 13.2 Å². The number of rotatable bonds is 2. The lowest BCUT2D eigenvalue weighted by molar-refractivity contribution is 0.0201. The average molecular weight is 185 g/mol. The molecule has 0 spiro atoms. The van der Waals surface area contributed by atoms with Crippen molar-refractivity contribution in [3.63, 3.8) is 0 Å². The Balaban J connectivity index is 2.54. The summed E-state index contributed by atoms with van der Waals surface area (Å²) in [5.41, 5.74) is 0.333. The predicted octanol–water partition coefficient (Wildman–Crippen LogP) is 2.05. The molecule has 1 aliphatic heterocycles. The highest BCUT2D eigenvalue weighted by Gasteiger charge is 2.31. The molecule has 78 valence electrons. The van der Waals surface area contributed by atoms with E-state index in [-0.39, 0.29) is 0 Å². The van der Waals surface area contributed by atoms with Crippen LogP contribution >= 0.6 is 0 Å². The van der Waals surface area contributed by atoms with Crippen molar-refractivity contribution in [2.75, 3.05) is 20.3 Å². The SMILES string of the molecule is CNC(C1CCCOC1)C(C)(C)C. The molecule has 1 rings (SSSR count). The monoisotopic (exact) mass is 185 g/mol. The average Bonchev–Trinajstić information content (AvgIpc) is 2.05. The van der Waals surface area contributed by atoms with Gasteiger partial charge in [-0.2, -0.15) is 0 Å². The van der Waals surface area contributed by atoms with Crippen LogP contribution in [0.1, 0.15) is 33.6 Å². The van der Waals surface area contributed by atoms with Crippen molar-refractivity contribution in [3.8, 4) is 0 Å². The molecule has 0 radical (unpaired) electrons. The second kappa shape index (κ2) is 4.43. The fourth-order valence-electron chi connectivity index (χ4n) is 2.40. The number of hydrogen-bond acceptors (Lipinski definition) is 2. The Kier molecular flexibility index (Phi) is 3.74. The maximum absolute atomic E-state index is 5.52. The van der Waals surface area contributed by atoms with Gasteiger partial charge in [-0.25, -0.2) is 0 Å². The first-order valence-electron chi connectivity index (χ1n) is 5.30. The third kappa shape index (κ3) is 2.96. The van der Waals surface area contributed by atoms with E-state index in [1.807, 2.05) is 0 Å². The second-order valence-corrected chi connectivity index (χ2v) is 5.11. The van der Waals surface area contributed by atoms with Gasteiger partial charge in [0.15, 0.2) is 0 Å². The molecular formula is C11H23NO. The Morgan fingerprint density at radius 1 is 1.38 bits per heavy atom. The molecule has 1 N–H and O–H groups in total. The summed E-state index contributed by atoms with van der Waals surface area (Å²) in [6.45, 7) is 8.77. The first-order chi connectivity index (χ1) is 6.05. The molecule has 0 saturated carbocycles. The highest BCUT2D eigenvalue weighted by atomic mass is 16.5. The van der Waals surface area contributed by atoms with Gasteiger partial charge in [-0.1, -0.05) is 20.8 Å². The van der Waals surface area contributed by atoms with Crippen LogP contribution < -0.4 is 5.32 Å². The van der Waals surface area contributed by atoms with E-state index in [4.69, 9.17) is 4.74 Å². The fraction of sp³-hybridized carbons (Fsp3) is 1.00. The van der Waals surface area contributed by atoms with Gasteiger partial charge in [0, 0.05) is 12.6 Å². The summed E-state index contributed by atoms with van der Waals surface area (Å²) in [4.78, 5) is 0. The van der Waals surface area contributed by atoms with Crippen molar-refractivity contribution in [1.29, 1.82) is 0 Å². The zero-order valence-electron chi connectivity index (χ0n) is 9.39. The molecule has 2 unspecified atom stereocenters. The molecule has 0 aromatic carbocycles. The molecule has 0 bridgehead atoms. The van der Waals surface area contributed by atoms with Gasteiger partial charge in [-0.3, -0.25) is 0 Å². The van der Waals surface area contributed by atoms with Gasteiger partial charge in [0.05, 0.1) is 6.61 Å². The van der Waals surface area contributed by atoms with E-state index in [0.29, 0.717) is 17.4 Å². The number of nitrogens with one attached hydrogen (secondary N) is 1. The molecule has 0 aliphatic carbocycles. The molecule has 2 atom stereocenters. The maximum atomic E-state index is 5.52. The van der Waals surface area contributed by atoms with E-state index in [1.165, 1.54) is 12.8 Å². The van der Waals surface area contributed by atoms with Gasteiger partial charge >= 0.3 is 0 Å². The van der Waals surface area contributed by atoms with Gasteiger partial charge in [-0.15, -0.1) is 0 Å². The highest BCUT2D eigenvalue weighted by Crippen LogP contribution is 2.29. The number of ether oxygens (including phenoxy) is 1. The quantitative estimate of drug-likeness (QED) is 0.711. The van der Waals surface area contributed by atoms with Crippen LogP contribution in [0.2, 0.25) is 0 Å². The fourth-order valence-corrected chi connectivity index (χ4v) is 2.40. The van der Waals surface area contributed by atoms with Crippen LogP contribution in [0.4, 0.5) is 0 Å². The van der Waals surface area contributed by atoms with Gasteiger partial charge in [0.2, 0.25) is 0 Å². The lowest BCUT2D eigenvalue weighted by Gasteiger charge is -2.38. The van der Waals surface area contributed by atoms with Crippen molar-refractivity contribution in [3.05, 3.63) is 0 Å². The van der Waals surface area contributed by atoms with Crippen LogP contribution in [-0.4, -0.2) is 26.3 Å². The van der Waals surface area contributed by atoms with Crippen molar-refractivity contribution in [1.82, 2.24) is 5.32 Å². The zero-order valence-corrected chi connectivity index (χ0v) is 9.39. The van der Waals surface area contributed by atoms with Gasteiger partial charge in [0.25, 0.3) is 0 Å². The van der Waals surface area contributed by atoms with E-state index < -0.39 is 0 Å². The van der Waals surface area contributed by atoms with Crippen LogP contribution in [0.5, 0.6) is 0 Å². The normalized spacial score (nSPS) is 27.2. The van der Waals surface area contributed by atoms with Gasteiger partial charge in [-0.05, 0) is 31.2 Å². The number of hydrogen-bond donors (Lipinski definition) is 1. The lowest BCUT2D eigenvalue weighted by Crippen LogP contribution is -2.46. The van der Waals surface area contributed by atoms with E-state index in [9.17, 15) is 0 Å². The summed E-state index contributed by atoms with van der Waals surface area (Å²) in [6, 6.07) is 0.577. The zero-order chi connectivity index (χ0) is 9.90. The minimum Gasteiger partial charge on any atom is -0.381 e. The molecule has 13 heavy (non-hydrogen) atoms. The molecular weight excluding hydrogens is 162 g/mol. The van der Waals surface area contributed by atoms with E-state index >= 15 is 0 Å². The molecule has 2 heteroatoms. The smallest absolute Gasteiger partial charge is 0.0509 e. The second-order valence-electron chi connectivity index (χ2n) is 5.11. The Bertz CT molecular complexity index is 145. The summed E-state index contributed by atoms with van der Waals surface area (Å²) >= 11 is 0. The molecule has 1 heterocycles.